The Morgan fingerprint density at radius 3 is 2.00 bits per heavy atom. The van der Waals surface area contributed by atoms with Gasteiger partial charge < -0.3 is 14.2 Å². The van der Waals surface area contributed by atoms with E-state index in [1.165, 1.54) is 0 Å². The summed E-state index contributed by atoms with van der Waals surface area (Å²) < 4.78 is 17.2. The number of rotatable bonds is 4. The van der Waals surface area contributed by atoms with Crippen molar-refractivity contribution in [1.82, 2.24) is 0 Å². The van der Waals surface area contributed by atoms with Crippen molar-refractivity contribution in [2.75, 3.05) is 6.35 Å². The van der Waals surface area contributed by atoms with Crippen molar-refractivity contribution in [2.24, 2.45) is 0 Å². The molecule has 0 fully saturated rings. The number of hydrogen-bond acceptors (Lipinski definition) is 3. The van der Waals surface area contributed by atoms with Crippen LogP contribution in [0.15, 0.2) is 60.7 Å². The molecule has 0 aliphatic carbocycles. The monoisotopic (exact) mass is 254 g/mol. The molecule has 0 amide bonds. The van der Waals surface area contributed by atoms with Gasteiger partial charge in [-0.05, 0) is 12.1 Å². The molecule has 3 nitrogen and oxygen atoms in total. The van der Waals surface area contributed by atoms with Crippen molar-refractivity contribution < 1.29 is 33.1 Å². The van der Waals surface area contributed by atoms with Crippen LogP contribution in [0.1, 0.15) is 0 Å². The maximum absolute atomic E-state index is 11.9. The van der Waals surface area contributed by atoms with Crippen LogP contribution in [0.2, 0.25) is 0 Å². The summed E-state index contributed by atoms with van der Waals surface area (Å²) in [7, 11) is -3.68. The van der Waals surface area contributed by atoms with Crippen LogP contribution in [0, 0.1) is 0 Å². The largest absolute Gasteiger partial charge is 1.00 e. The number of benzene rings is 2. The fraction of sp³-hybridized carbons (Fsp3) is 0.0769. The molecule has 0 aliphatic heterocycles. The first-order chi connectivity index (χ1) is 8.18. The molecule has 2 aromatic rings. The van der Waals surface area contributed by atoms with Crippen LogP contribution in [0.4, 0.5) is 0 Å². The zero-order chi connectivity index (χ0) is 12.1. The Morgan fingerprint density at radius 2 is 1.44 bits per heavy atom. The molecule has 2 rings (SSSR count). The summed E-state index contributed by atoms with van der Waals surface area (Å²) in [6.07, 6.45) is -0.318. The van der Waals surface area contributed by atoms with E-state index in [0.717, 1.165) is 0 Å². The molecule has 0 N–H and O–H groups in total. The first kappa shape index (κ1) is 15.1. The van der Waals surface area contributed by atoms with Crippen molar-refractivity contribution in [3.63, 3.8) is 0 Å². The van der Waals surface area contributed by atoms with Crippen molar-refractivity contribution in [1.29, 1.82) is 0 Å². The third-order valence-corrected chi connectivity index (χ3v) is 3.85. The van der Waals surface area contributed by atoms with Crippen LogP contribution in [0.5, 0.6) is 5.75 Å². The average Bonchev–Trinajstić information content (AvgIpc) is 2.39. The molecule has 0 bridgehead atoms. The van der Waals surface area contributed by atoms with Gasteiger partial charge in [0.1, 0.15) is 12.1 Å². The Bertz CT molecular complexity index is 516. The average molecular weight is 254 g/mol. The van der Waals surface area contributed by atoms with Crippen LogP contribution in [0.25, 0.3) is 0 Å². The molecule has 0 saturated carbocycles. The van der Waals surface area contributed by atoms with Gasteiger partial charge in [-0.2, -0.15) is 0 Å². The van der Waals surface area contributed by atoms with E-state index in [1.54, 1.807) is 54.6 Å². The van der Waals surface area contributed by atoms with Gasteiger partial charge in [-0.25, -0.2) is 0 Å². The van der Waals surface area contributed by atoms with E-state index >= 15 is 0 Å². The van der Waals surface area contributed by atoms with Crippen molar-refractivity contribution in [2.45, 2.75) is 0 Å². The minimum atomic E-state index is -3.68. The first-order valence-electron chi connectivity index (χ1n) is 5.22. The smallest absolute Gasteiger partial charge is 0.794 e. The van der Waals surface area contributed by atoms with Gasteiger partial charge in [0.25, 0.3) is 0 Å². The summed E-state index contributed by atoms with van der Waals surface area (Å²) in [5.74, 6) is 0.555. The Hall–Kier alpha value is -0.973. The normalized spacial score (nSPS) is 13.2. The van der Waals surface area contributed by atoms with Gasteiger partial charge in [0.05, 0.1) is 7.37 Å². The number of hydrogen-bond donors (Lipinski definition) is 0. The molecule has 0 radical (unpaired) electrons. The third kappa shape index (κ3) is 4.05. The third-order valence-electron chi connectivity index (χ3n) is 2.29. The molecule has 88 valence electrons. The van der Waals surface area contributed by atoms with Gasteiger partial charge in [-0.3, -0.25) is 0 Å². The molecule has 0 saturated heterocycles. The fourth-order valence-electron chi connectivity index (χ4n) is 1.41. The van der Waals surface area contributed by atoms with E-state index in [4.69, 9.17) is 4.74 Å². The quantitative estimate of drug-likeness (QED) is 0.519. The molecule has 0 aromatic heterocycles. The van der Waals surface area contributed by atoms with Crippen LogP contribution in [-0.4, -0.2) is 6.35 Å². The zero-order valence-electron chi connectivity index (χ0n) is 10.2. The van der Waals surface area contributed by atoms with E-state index < -0.39 is 7.37 Å². The predicted octanol–water partition coefficient (Wildman–Crippen LogP) is -1.01. The molecule has 18 heavy (non-hydrogen) atoms. The second-order valence-corrected chi connectivity index (χ2v) is 5.72. The Morgan fingerprint density at radius 1 is 0.944 bits per heavy atom. The van der Waals surface area contributed by atoms with E-state index in [2.05, 4.69) is 0 Å². The zero-order valence-corrected chi connectivity index (χ0v) is 11.0. The summed E-state index contributed by atoms with van der Waals surface area (Å²) in [5.41, 5.74) is 0. The van der Waals surface area contributed by atoms with Gasteiger partial charge >= 0.3 is 18.9 Å². The molecular formula is C13H12LiO3P. The summed E-state index contributed by atoms with van der Waals surface area (Å²) in [6, 6.07) is 17.2. The van der Waals surface area contributed by atoms with E-state index in [9.17, 15) is 9.46 Å². The second kappa shape index (κ2) is 6.83. The summed E-state index contributed by atoms with van der Waals surface area (Å²) in [5, 5.41) is 0.302. The molecule has 5 heteroatoms. The maximum atomic E-state index is 11.9. The topological polar surface area (TPSA) is 49.4 Å². The Kier molecular flexibility index (Phi) is 5.72. The Labute approximate surface area is 118 Å². The minimum Gasteiger partial charge on any atom is -0.794 e. The van der Waals surface area contributed by atoms with Gasteiger partial charge in [0, 0.05) is 5.30 Å². The molecule has 1 unspecified atom stereocenters. The van der Waals surface area contributed by atoms with Gasteiger partial charge in [-0.15, -0.1) is 0 Å². The molecule has 0 aliphatic rings. The summed E-state index contributed by atoms with van der Waals surface area (Å²) in [6.45, 7) is 0. The van der Waals surface area contributed by atoms with Crippen LogP contribution < -0.4 is 33.8 Å². The van der Waals surface area contributed by atoms with Crippen LogP contribution >= 0.6 is 7.37 Å². The number of ether oxygens (including phenoxy) is 1. The van der Waals surface area contributed by atoms with Crippen LogP contribution in [-0.2, 0) is 4.57 Å². The van der Waals surface area contributed by atoms with Crippen molar-refractivity contribution in [3.05, 3.63) is 60.7 Å². The fourth-order valence-corrected chi connectivity index (χ4v) is 2.50. The van der Waals surface area contributed by atoms with E-state index in [1.807, 2.05) is 6.07 Å². The van der Waals surface area contributed by atoms with Crippen molar-refractivity contribution in [3.8, 4) is 5.75 Å². The molecule has 2 aromatic carbocycles. The standard InChI is InChI=1S/C13H13O3P.Li/c14-17(15,13-9-5-2-6-10-13)11-16-12-7-3-1-4-8-12;/h1-10H,11H2,(H,14,15);/q;+1/p-1. The SMILES string of the molecule is O=P([O-])(COc1ccccc1)c1ccccc1.[Li+]. The molecule has 0 heterocycles. The van der Waals surface area contributed by atoms with Gasteiger partial charge in [0.2, 0.25) is 0 Å². The van der Waals surface area contributed by atoms with Gasteiger partial charge in [0.15, 0.2) is 0 Å². The minimum absolute atomic E-state index is 0. The van der Waals surface area contributed by atoms with E-state index in [-0.39, 0.29) is 25.2 Å². The summed E-state index contributed by atoms with van der Waals surface area (Å²) in [4.78, 5) is 11.9. The Balaban J connectivity index is 0.00000162. The number of para-hydroxylation sites is 1. The predicted molar refractivity (Wildman–Crippen MR) is 65.6 cm³/mol. The summed E-state index contributed by atoms with van der Waals surface area (Å²) >= 11 is 0. The van der Waals surface area contributed by atoms with Gasteiger partial charge in [-0.1, -0.05) is 48.5 Å². The molecular weight excluding hydrogens is 242 g/mol. The van der Waals surface area contributed by atoms with E-state index in [0.29, 0.717) is 11.1 Å². The maximum Gasteiger partial charge on any atom is 1.00 e. The molecule has 0 spiro atoms. The van der Waals surface area contributed by atoms with Crippen LogP contribution in [0.3, 0.4) is 0 Å². The first-order valence-corrected chi connectivity index (χ1v) is 7.03. The van der Waals surface area contributed by atoms with Crippen molar-refractivity contribution >= 4 is 12.7 Å². The molecule has 1 atom stereocenters. The second-order valence-electron chi connectivity index (χ2n) is 3.60.